The maximum Gasteiger partial charge on any atom is 0.356 e. The Kier molecular flexibility index (Phi) is 3.85. The fourth-order valence-electron chi connectivity index (χ4n) is 2.76. The Hall–Kier alpha value is -1.61. The number of hydrogen-bond acceptors (Lipinski definition) is 4. The van der Waals surface area contributed by atoms with Gasteiger partial charge in [0.15, 0.2) is 5.69 Å². The zero-order valence-corrected chi connectivity index (χ0v) is 14.2. The van der Waals surface area contributed by atoms with Crippen molar-refractivity contribution in [3.63, 3.8) is 0 Å². The first-order valence-electron chi connectivity index (χ1n) is 6.93. The van der Waals surface area contributed by atoms with Crippen molar-refractivity contribution in [3.8, 4) is 11.4 Å². The molecule has 6 nitrogen and oxygen atoms in total. The van der Waals surface area contributed by atoms with Gasteiger partial charge in [-0.05, 0) is 47.2 Å². The average molecular weight is 414 g/mol. The van der Waals surface area contributed by atoms with E-state index in [2.05, 4.69) is 27.7 Å². The number of carbonyl (C=O) groups is 1. The van der Waals surface area contributed by atoms with Gasteiger partial charge < -0.3 is 14.9 Å². The van der Waals surface area contributed by atoms with Crippen LogP contribution >= 0.6 is 22.6 Å². The molecular formula is C15H15IN2O4. The molecule has 0 amide bonds. The lowest BCUT2D eigenvalue weighted by molar-refractivity contribution is -0.0328. The molecule has 0 saturated heterocycles. The van der Waals surface area contributed by atoms with Crippen molar-refractivity contribution in [1.29, 1.82) is 0 Å². The Labute approximate surface area is 140 Å². The fourth-order valence-corrected chi connectivity index (χ4v) is 3.23. The molecule has 22 heavy (non-hydrogen) atoms. The molecule has 2 N–H and O–H groups in total. The first kappa shape index (κ1) is 15.3. The van der Waals surface area contributed by atoms with Crippen molar-refractivity contribution in [2.45, 2.75) is 32.5 Å². The van der Waals surface area contributed by atoms with Gasteiger partial charge in [0.25, 0.3) is 0 Å². The van der Waals surface area contributed by atoms with E-state index in [1.165, 1.54) is 0 Å². The van der Waals surface area contributed by atoms with Crippen LogP contribution in [0, 0.1) is 3.57 Å². The first-order chi connectivity index (χ1) is 10.4. The lowest BCUT2D eigenvalue weighted by atomic mass is 9.99. The van der Waals surface area contributed by atoms with Crippen molar-refractivity contribution in [2.75, 3.05) is 0 Å². The second kappa shape index (κ2) is 5.54. The predicted octanol–water partition coefficient (Wildman–Crippen LogP) is 2.55. The Morgan fingerprint density at radius 3 is 2.86 bits per heavy atom. The number of ether oxygens (including phenoxy) is 1. The molecule has 0 bridgehead atoms. The number of aromatic carboxylic acids is 1. The van der Waals surface area contributed by atoms with E-state index in [-0.39, 0.29) is 11.6 Å². The van der Waals surface area contributed by atoms with Crippen molar-refractivity contribution in [2.24, 2.45) is 0 Å². The maximum atomic E-state index is 11.5. The van der Waals surface area contributed by atoms with Crippen LogP contribution < -0.4 is 4.74 Å². The molecule has 2 aromatic rings. The van der Waals surface area contributed by atoms with Crippen LogP contribution in [0.4, 0.5) is 0 Å². The summed E-state index contributed by atoms with van der Waals surface area (Å²) in [6, 6.07) is 5.49. The third-order valence-electron chi connectivity index (χ3n) is 3.84. The molecule has 0 fully saturated rings. The molecule has 3 rings (SSSR count). The fraction of sp³-hybridized carbons (Fsp3) is 0.333. The van der Waals surface area contributed by atoms with Crippen LogP contribution in [0.5, 0.6) is 5.75 Å². The van der Waals surface area contributed by atoms with Crippen molar-refractivity contribution < 1.29 is 19.7 Å². The number of rotatable bonds is 2. The zero-order chi connectivity index (χ0) is 16.0. The van der Waals surface area contributed by atoms with Gasteiger partial charge in [0.2, 0.25) is 6.29 Å². The minimum absolute atomic E-state index is 0.0308. The molecule has 1 aromatic carbocycles. The summed E-state index contributed by atoms with van der Waals surface area (Å²) >= 11 is 2.17. The van der Waals surface area contributed by atoms with Crippen LogP contribution in [0.15, 0.2) is 18.2 Å². The summed E-state index contributed by atoms with van der Waals surface area (Å²) < 4.78 is 8.18. The van der Waals surface area contributed by atoms with Crippen LogP contribution in [0.1, 0.15) is 41.5 Å². The molecule has 2 unspecified atom stereocenters. The number of aliphatic hydroxyl groups is 1. The number of aliphatic hydroxyl groups excluding tert-OH is 1. The van der Waals surface area contributed by atoms with Gasteiger partial charge in [-0.3, -0.25) is 0 Å². The Morgan fingerprint density at radius 2 is 2.23 bits per heavy atom. The topological polar surface area (TPSA) is 84.6 Å². The highest BCUT2D eigenvalue weighted by molar-refractivity contribution is 14.1. The van der Waals surface area contributed by atoms with E-state index in [9.17, 15) is 15.0 Å². The van der Waals surface area contributed by atoms with E-state index < -0.39 is 12.3 Å². The second-order valence-electron chi connectivity index (χ2n) is 5.19. The number of carboxylic acid groups (broad SMARTS) is 1. The quantitative estimate of drug-likeness (QED) is 0.739. The Morgan fingerprint density at radius 1 is 1.50 bits per heavy atom. The number of carboxylic acids is 1. The van der Waals surface area contributed by atoms with Crippen LogP contribution in [-0.2, 0) is 6.42 Å². The molecule has 2 heterocycles. The summed E-state index contributed by atoms with van der Waals surface area (Å²) in [5.41, 5.74) is 2.00. The Bertz CT molecular complexity index is 756. The number of aromatic nitrogens is 2. The summed E-state index contributed by atoms with van der Waals surface area (Å²) in [5, 5.41) is 23.9. The van der Waals surface area contributed by atoms with Gasteiger partial charge in [0.1, 0.15) is 11.4 Å². The van der Waals surface area contributed by atoms with Crippen molar-refractivity contribution in [1.82, 2.24) is 9.78 Å². The molecule has 0 aliphatic carbocycles. The number of hydrogen-bond donors (Lipinski definition) is 2. The minimum atomic E-state index is -1.06. The van der Waals surface area contributed by atoms with Gasteiger partial charge in [-0.2, -0.15) is 5.10 Å². The minimum Gasteiger partial charge on any atom is -0.476 e. The summed E-state index contributed by atoms with van der Waals surface area (Å²) in [7, 11) is 0. The third kappa shape index (κ3) is 2.28. The average Bonchev–Trinajstić information content (AvgIpc) is 2.83. The normalized spacial score (nSPS) is 19.8. The molecule has 7 heteroatoms. The highest BCUT2D eigenvalue weighted by Gasteiger charge is 2.33. The third-order valence-corrected chi connectivity index (χ3v) is 4.51. The summed E-state index contributed by atoms with van der Waals surface area (Å²) in [6.45, 7) is 3.69. The standard InChI is InChI=1S/C15H15IN2O4/c1-3-9-12(14(19)20)17-18-10-6-8(16)4-5-11(10)22-15(21)7(2)13(9)18/h4-7,15,21H,3H2,1-2H3,(H,19,20). The van der Waals surface area contributed by atoms with Crippen molar-refractivity contribution in [3.05, 3.63) is 38.7 Å². The molecule has 1 aliphatic heterocycles. The van der Waals surface area contributed by atoms with Crippen LogP contribution in [0.2, 0.25) is 0 Å². The van der Waals surface area contributed by atoms with Gasteiger partial charge in [0.05, 0.1) is 11.6 Å². The van der Waals surface area contributed by atoms with E-state index in [0.717, 1.165) is 3.57 Å². The van der Waals surface area contributed by atoms with Crippen LogP contribution in [-0.4, -0.2) is 32.3 Å². The first-order valence-corrected chi connectivity index (χ1v) is 8.01. The van der Waals surface area contributed by atoms with Crippen LogP contribution in [0.25, 0.3) is 5.69 Å². The van der Waals surface area contributed by atoms with Gasteiger partial charge in [-0.25, -0.2) is 9.48 Å². The molecule has 1 aliphatic rings. The highest BCUT2D eigenvalue weighted by Crippen LogP contribution is 2.37. The van der Waals surface area contributed by atoms with E-state index >= 15 is 0 Å². The molecular weight excluding hydrogens is 399 g/mol. The molecule has 0 spiro atoms. The smallest absolute Gasteiger partial charge is 0.356 e. The maximum absolute atomic E-state index is 11.5. The zero-order valence-electron chi connectivity index (χ0n) is 12.1. The monoisotopic (exact) mass is 414 g/mol. The number of halogens is 1. The molecule has 0 radical (unpaired) electrons. The molecule has 116 valence electrons. The summed E-state index contributed by atoms with van der Waals surface area (Å²) in [6.07, 6.45) is -0.531. The Balaban J connectivity index is 2.36. The van der Waals surface area contributed by atoms with E-state index in [0.29, 0.717) is 29.1 Å². The number of benzene rings is 1. The summed E-state index contributed by atoms with van der Waals surface area (Å²) in [4.78, 5) is 11.5. The molecule has 2 atom stereocenters. The van der Waals surface area contributed by atoms with E-state index in [1.807, 2.05) is 19.1 Å². The predicted molar refractivity (Wildman–Crippen MR) is 87.7 cm³/mol. The van der Waals surface area contributed by atoms with Gasteiger partial charge in [0, 0.05) is 9.13 Å². The lowest BCUT2D eigenvalue weighted by Crippen LogP contribution is -2.23. The largest absolute Gasteiger partial charge is 0.476 e. The lowest BCUT2D eigenvalue weighted by Gasteiger charge is -2.17. The van der Waals surface area contributed by atoms with Gasteiger partial charge >= 0.3 is 5.97 Å². The van der Waals surface area contributed by atoms with Gasteiger partial charge in [-0.1, -0.05) is 13.8 Å². The van der Waals surface area contributed by atoms with E-state index in [1.54, 1.807) is 17.7 Å². The second-order valence-corrected chi connectivity index (χ2v) is 6.44. The number of nitrogens with zero attached hydrogens (tertiary/aromatic N) is 2. The van der Waals surface area contributed by atoms with Gasteiger partial charge in [-0.15, -0.1) is 0 Å². The highest BCUT2D eigenvalue weighted by atomic mass is 127. The summed E-state index contributed by atoms with van der Waals surface area (Å²) in [5.74, 6) is -0.964. The van der Waals surface area contributed by atoms with E-state index in [4.69, 9.17) is 4.74 Å². The van der Waals surface area contributed by atoms with Crippen LogP contribution in [0.3, 0.4) is 0 Å². The SMILES string of the molecule is CCc1c(C(=O)O)nn2c1C(C)C(O)Oc1ccc(I)cc1-2. The molecule has 0 saturated carbocycles. The number of fused-ring (bicyclic) bond motifs is 3. The van der Waals surface area contributed by atoms with Crippen molar-refractivity contribution >= 4 is 28.6 Å². The molecule has 1 aromatic heterocycles.